The quantitative estimate of drug-likeness (QED) is 0.618. The van der Waals surface area contributed by atoms with E-state index in [2.05, 4.69) is 35.6 Å². The molecule has 0 heterocycles. The summed E-state index contributed by atoms with van der Waals surface area (Å²) in [5, 5.41) is 0. The summed E-state index contributed by atoms with van der Waals surface area (Å²) in [5.41, 5.74) is 1.72. The van der Waals surface area contributed by atoms with E-state index in [1.165, 1.54) is 0 Å². The van der Waals surface area contributed by atoms with Crippen molar-refractivity contribution in [2.45, 2.75) is 33.5 Å². The van der Waals surface area contributed by atoms with Crippen LogP contribution in [0.15, 0.2) is 16.6 Å². The molecule has 0 aromatic heterocycles. The Kier molecular flexibility index (Phi) is 3.96. The van der Waals surface area contributed by atoms with Gasteiger partial charge in [0.1, 0.15) is 5.75 Å². The summed E-state index contributed by atoms with van der Waals surface area (Å²) in [6, 6.07) is 3.77. The van der Waals surface area contributed by atoms with E-state index >= 15 is 0 Å². The van der Waals surface area contributed by atoms with Crippen molar-refractivity contribution in [2.24, 2.45) is 0 Å². The molecule has 0 saturated carbocycles. The second kappa shape index (κ2) is 4.71. The predicted molar refractivity (Wildman–Crippen MR) is 72.9 cm³/mol. The van der Waals surface area contributed by atoms with E-state index in [1.807, 2.05) is 19.1 Å². The number of ketones is 1. The van der Waals surface area contributed by atoms with Crippen LogP contribution >= 0.6 is 15.9 Å². The van der Waals surface area contributed by atoms with E-state index < -0.39 is 8.32 Å². The third-order valence-corrected chi connectivity index (χ3v) is 3.74. The molecule has 0 spiro atoms. The fourth-order valence-electron chi connectivity index (χ4n) is 1.35. The lowest BCUT2D eigenvalue weighted by atomic mass is 10.1. The van der Waals surface area contributed by atoms with E-state index in [9.17, 15) is 4.79 Å². The zero-order valence-corrected chi connectivity index (χ0v) is 12.9. The maximum absolute atomic E-state index is 11.5. The Hall–Kier alpha value is -0.613. The Labute approximate surface area is 106 Å². The number of halogens is 1. The van der Waals surface area contributed by atoms with Gasteiger partial charge in [0, 0.05) is 4.47 Å². The molecular formula is C12H17BrO2Si. The Bertz CT molecular complexity index is 422. The molecule has 0 fully saturated rings. The van der Waals surface area contributed by atoms with Crippen LogP contribution in [0.4, 0.5) is 0 Å². The van der Waals surface area contributed by atoms with E-state index in [0.29, 0.717) is 11.3 Å². The van der Waals surface area contributed by atoms with Crippen LogP contribution in [0.3, 0.4) is 0 Å². The molecule has 2 nitrogen and oxygen atoms in total. The third-order valence-electron chi connectivity index (χ3n) is 2.06. The van der Waals surface area contributed by atoms with Gasteiger partial charge in [-0.05, 0) is 51.2 Å². The number of rotatable bonds is 3. The molecule has 16 heavy (non-hydrogen) atoms. The van der Waals surface area contributed by atoms with Gasteiger partial charge in [-0.1, -0.05) is 15.9 Å². The van der Waals surface area contributed by atoms with Crippen molar-refractivity contribution in [1.29, 1.82) is 0 Å². The highest BCUT2D eigenvalue weighted by atomic mass is 79.9. The molecule has 0 atom stereocenters. The number of benzene rings is 1. The van der Waals surface area contributed by atoms with Crippen molar-refractivity contribution in [3.05, 3.63) is 27.7 Å². The summed E-state index contributed by atoms with van der Waals surface area (Å²) in [6.45, 7) is 9.84. The number of aryl methyl sites for hydroxylation is 1. The van der Waals surface area contributed by atoms with Crippen molar-refractivity contribution in [3.63, 3.8) is 0 Å². The average Bonchev–Trinajstić information content (AvgIpc) is 2.07. The summed E-state index contributed by atoms with van der Waals surface area (Å²) in [4.78, 5) is 11.5. The van der Waals surface area contributed by atoms with Crippen LogP contribution in [-0.4, -0.2) is 14.1 Å². The molecule has 0 N–H and O–H groups in total. The smallest absolute Gasteiger partial charge is 0.242 e. The maximum Gasteiger partial charge on any atom is 0.242 e. The molecular weight excluding hydrogens is 284 g/mol. The molecule has 0 aliphatic carbocycles. The van der Waals surface area contributed by atoms with E-state index in [0.717, 1.165) is 10.0 Å². The molecule has 0 saturated heterocycles. The maximum atomic E-state index is 11.5. The van der Waals surface area contributed by atoms with E-state index in [1.54, 1.807) is 6.92 Å². The molecule has 0 unspecified atom stereocenters. The molecule has 1 rings (SSSR count). The van der Waals surface area contributed by atoms with Crippen molar-refractivity contribution in [3.8, 4) is 5.75 Å². The number of carbonyl (C=O) groups is 1. The van der Waals surface area contributed by atoms with Gasteiger partial charge in [-0.2, -0.15) is 0 Å². The largest absolute Gasteiger partial charge is 0.544 e. The first kappa shape index (κ1) is 13.5. The Morgan fingerprint density at radius 3 is 2.31 bits per heavy atom. The summed E-state index contributed by atoms with van der Waals surface area (Å²) in [5.74, 6) is 0.744. The number of Topliss-reactive ketones (excluding diaryl/α,β-unsaturated/α-hetero) is 1. The minimum Gasteiger partial charge on any atom is -0.544 e. The first-order valence-corrected chi connectivity index (χ1v) is 9.41. The Morgan fingerprint density at radius 2 is 1.88 bits per heavy atom. The van der Waals surface area contributed by atoms with Crippen molar-refractivity contribution >= 4 is 30.0 Å². The number of carbonyl (C=O) groups excluding carboxylic acids is 1. The minimum atomic E-state index is -1.69. The number of hydrogen-bond acceptors (Lipinski definition) is 2. The van der Waals surface area contributed by atoms with Gasteiger partial charge in [-0.25, -0.2) is 0 Å². The van der Waals surface area contributed by atoms with E-state index in [4.69, 9.17) is 4.43 Å². The van der Waals surface area contributed by atoms with Crippen LogP contribution < -0.4 is 4.43 Å². The molecule has 0 amide bonds. The van der Waals surface area contributed by atoms with Crippen LogP contribution in [0.5, 0.6) is 5.75 Å². The summed E-state index contributed by atoms with van der Waals surface area (Å²) in [7, 11) is -1.69. The second-order valence-corrected chi connectivity index (χ2v) is 10.2. The fraction of sp³-hybridized carbons (Fsp3) is 0.417. The van der Waals surface area contributed by atoms with Crippen LogP contribution in [0.25, 0.3) is 0 Å². The van der Waals surface area contributed by atoms with Crippen LogP contribution in [0, 0.1) is 6.92 Å². The van der Waals surface area contributed by atoms with Crippen molar-refractivity contribution in [2.75, 3.05) is 0 Å². The summed E-state index contributed by atoms with van der Waals surface area (Å²) in [6.07, 6.45) is 0. The Morgan fingerprint density at radius 1 is 1.31 bits per heavy atom. The molecule has 1 aromatic carbocycles. The SMILES string of the molecule is CC(=O)c1cc(C)c(Br)cc1O[Si](C)(C)C. The first-order valence-electron chi connectivity index (χ1n) is 5.21. The molecule has 4 heteroatoms. The topological polar surface area (TPSA) is 26.3 Å². The summed E-state index contributed by atoms with van der Waals surface area (Å²) >= 11 is 3.46. The molecule has 1 aromatic rings. The van der Waals surface area contributed by atoms with Gasteiger partial charge in [0.05, 0.1) is 5.56 Å². The zero-order valence-electron chi connectivity index (χ0n) is 10.3. The van der Waals surface area contributed by atoms with Crippen LogP contribution in [-0.2, 0) is 0 Å². The van der Waals surface area contributed by atoms with Gasteiger partial charge in [-0.3, -0.25) is 4.79 Å². The molecule has 0 bridgehead atoms. The molecule has 0 aliphatic heterocycles. The number of hydrogen-bond donors (Lipinski definition) is 0. The fourth-order valence-corrected chi connectivity index (χ4v) is 2.50. The zero-order chi connectivity index (χ0) is 12.5. The normalized spacial score (nSPS) is 11.4. The summed E-state index contributed by atoms with van der Waals surface area (Å²) < 4.78 is 6.90. The average molecular weight is 301 g/mol. The van der Waals surface area contributed by atoms with Gasteiger partial charge in [0.25, 0.3) is 0 Å². The van der Waals surface area contributed by atoms with Crippen molar-refractivity contribution in [1.82, 2.24) is 0 Å². The monoisotopic (exact) mass is 300 g/mol. The van der Waals surface area contributed by atoms with Gasteiger partial charge in [0.2, 0.25) is 8.32 Å². The van der Waals surface area contributed by atoms with Crippen molar-refractivity contribution < 1.29 is 9.22 Å². The van der Waals surface area contributed by atoms with Crippen LogP contribution in [0.1, 0.15) is 22.8 Å². The third kappa shape index (κ3) is 3.45. The molecule has 0 aliphatic rings. The first-order chi connectivity index (χ1) is 7.20. The predicted octanol–water partition coefficient (Wildman–Crippen LogP) is 4.17. The lowest BCUT2D eigenvalue weighted by molar-refractivity contribution is 0.101. The molecule has 88 valence electrons. The highest BCUT2D eigenvalue weighted by molar-refractivity contribution is 9.10. The standard InChI is InChI=1S/C12H17BrO2Si/c1-8-6-10(9(2)14)12(7-11(8)13)15-16(3,4)5/h6-7H,1-5H3. The van der Waals surface area contributed by atoms with E-state index in [-0.39, 0.29) is 5.78 Å². The van der Waals surface area contributed by atoms with Gasteiger partial charge in [0.15, 0.2) is 5.78 Å². The van der Waals surface area contributed by atoms with Gasteiger partial charge in [-0.15, -0.1) is 0 Å². The Balaban J connectivity index is 3.25. The lowest BCUT2D eigenvalue weighted by Gasteiger charge is -2.21. The second-order valence-electron chi connectivity index (χ2n) is 4.87. The molecule has 0 radical (unpaired) electrons. The van der Waals surface area contributed by atoms with Crippen LogP contribution in [0.2, 0.25) is 19.6 Å². The highest BCUT2D eigenvalue weighted by Gasteiger charge is 2.20. The highest BCUT2D eigenvalue weighted by Crippen LogP contribution is 2.29. The minimum absolute atomic E-state index is 0.0452. The lowest BCUT2D eigenvalue weighted by Crippen LogP contribution is -2.30. The van der Waals surface area contributed by atoms with Gasteiger partial charge >= 0.3 is 0 Å². The van der Waals surface area contributed by atoms with Gasteiger partial charge < -0.3 is 4.43 Å².